The zero-order valence-corrected chi connectivity index (χ0v) is 8.23. The van der Waals surface area contributed by atoms with E-state index >= 15 is 0 Å². The zero-order valence-electron chi connectivity index (χ0n) is 8.23. The average Bonchev–Trinajstić information content (AvgIpc) is 2.19. The highest BCUT2D eigenvalue weighted by Crippen LogP contribution is 1.98. The van der Waals surface area contributed by atoms with Crippen molar-refractivity contribution in [1.82, 2.24) is 9.78 Å². The van der Waals surface area contributed by atoms with Crippen LogP contribution in [0.5, 0.6) is 0 Å². The Bertz CT molecular complexity index is 335. The van der Waals surface area contributed by atoms with Gasteiger partial charge in [-0.1, -0.05) is 6.92 Å². The number of nitrogens with one attached hydrogen (secondary N) is 1. The standard InChI is InChI=1S/C9H15N3O2/c1-2-3-10-8-6-9(14)12(4-5-13)11-7-8/h6-7,10,13H,2-5H2,1H3. The number of rotatable bonds is 5. The Hall–Kier alpha value is -1.36. The van der Waals surface area contributed by atoms with Gasteiger partial charge in [0, 0.05) is 12.6 Å². The first kappa shape index (κ1) is 10.7. The minimum atomic E-state index is -0.194. The van der Waals surface area contributed by atoms with E-state index < -0.39 is 0 Å². The fraction of sp³-hybridized carbons (Fsp3) is 0.556. The topological polar surface area (TPSA) is 67.2 Å². The fourth-order valence-electron chi connectivity index (χ4n) is 1.06. The molecule has 0 unspecified atom stereocenters. The second-order valence-corrected chi connectivity index (χ2v) is 2.96. The number of aliphatic hydroxyl groups excluding tert-OH is 1. The summed E-state index contributed by atoms with van der Waals surface area (Å²) < 4.78 is 1.23. The molecule has 0 spiro atoms. The van der Waals surface area contributed by atoms with Crippen LogP contribution >= 0.6 is 0 Å². The maximum absolute atomic E-state index is 11.3. The van der Waals surface area contributed by atoms with Gasteiger partial charge in [-0.25, -0.2) is 4.68 Å². The first-order valence-corrected chi connectivity index (χ1v) is 4.70. The van der Waals surface area contributed by atoms with Gasteiger partial charge < -0.3 is 10.4 Å². The van der Waals surface area contributed by atoms with Gasteiger partial charge in [0.2, 0.25) is 0 Å². The van der Waals surface area contributed by atoms with Gasteiger partial charge in [0.1, 0.15) is 0 Å². The van der Waals surface area contributed by atoms with E-state index in [1.54, 1.807) is 6.20 Å². The van der Waals surface area contributed by atoms with Crippen LogP contribution in [0.15, 0.2) is 17.1 Å². The smallest absolute Gasteiger partial charge is 0.268 e. The Kier molecular flexibility index (Phi) is 4.12. The summed E-state index contributed by atoms with van der Waals surface area (Å²) in [5, 5.41) is 15.6. The minimum absolute atomic E-state index is 0.0748. The van der Waals surface area contributed by atoms with Crippen molar-refractivity contribution < 1.29 is 5.11 Å². The summed E-state index contributed by atoms with van der Waals surface area (Å²) in [5.41, 5.74) is 0.534. The molecule has 78 valence electrons. The van der Waals surface area contributed by atoms with E-state index in [2.05, 4.69) is 10.4 Å². The third kappa shape index (κ3) is 2.85. The van der Waals surface area contributed by atoms with E-state index in [4.69, 9.17) is 5.11 Å². The maximum Gasteiger partial charge on any atom is 0.268 e. The van der Waals surface area contributed by atoms with E-state index in [9.17, 15) is 4.79 Å². The molecule has 0 bridgehead atoms. The quantitative estimate of drug-likeness (QED) is 0.700. The summed E-state index contributed by atoms with van der Waals surface area (Å²) in [6.07, 6.45) is 2.59. The average molecular weight is 197 g/mol. The Labute approximate surface area is 82.4 Å². The molecule has 0 aromatic carbocycles. The summed E-state index contributed by atoms with van der Waals surface area (Å²) in [6, 6.07) is 1.48. The molecule has 1 rings (SSSR count). The van der Waals surface area contributed by atoms with Crippen molar-refractivity contribution in [2.24, 2.45) is 0 Å². The zero-order chi connectivity index (χ0) is 10.4. The van der Waals surface area contributed by atoms with Crippen LogP contribution in [0.25, 0.3) is 0 Å². The molecule has 0 saturated carbocycles. The first-order chi connectivity index (χ1) is 6.77. The van der Waals surface area contributed by atoms with Gasteiger partial charge in [-0.05, 0) is 6.42 Å². The molecule has 0 atom stereocenters. The molecular formula is C9H15N3O2. The molecule has 1 aromatic rings. The monoisotopic (exact) mass is 197 g/mol. The molecule has 1 heterocycles. The van der Waals surface area contributed by atoms with Crippen molar-refractivity contribution in [3.05, 3.63) is 22.6 Å². The SMILES string of the molecule is CCCNc1cnn(CCO)c(=O)c1. The molecule has 14 heavy (non-hydrogen) atoms. The highest BCUT2D eigenvalue weighted by atomic mass is 16.3. The summed E-state index contributed by atoms with van der Waals surface area (Å²) >= 11 is 0. The van der Waals surface area contributed by atoms with E-state index in [1.165, 1.54) is 10.7 Å². The molecule has 2 N–H and O–H groups in total. The molecular weight excluding hydrogens is 182 g/mol. The Balaban J connectivity index is 2.73. The normalized spacial score (nSPS) is 10.1. The van der Waals surface area contributed by atoms with Crippen LogP contribution in [0, 0.1) is 0 Å². The maximum atomic E-state index is 11.3. The van der Waals surface area contributed by atoms with Crippen LogP contribution in [0.3, 0.4) is 0 Å². The fourth-order valence-corrected chi connectivity index (χ4v) is 1.06. The van der Waals surface area contributed by atoms with Gasteiger partial charge in [-0.15, -0.1) is 0 Å². The van der Waals surface area contributed by atoms with Crippen molar-refractivity contribution in [1.29, 1.82) is 0 Å². The first-order valence-electron chi connectivity index (χ1n) is 4.70. The van der Waals surface area contributed by atoms with E-state index in [-0.39, 0.29) is 18.7 Å². The largest absolute Gasteiger partial charge is 0.394 e. The molecule has 0 fully saturated rings. The van der Waals surface area contributed by atoms with Gasteiger partial charge in [-0.3, -0.25) is 4.79 Å². The van der Waals surface area contributed by atoms with E-state index in [0.29, 0.717) is 0 Å². The molecule has 0 amide bonds. The van der Waals surface area contributed by atoms with Crippen LogP contribution in [0.1, 0.15) is 13.3 Å². The predicted molar refractivity (Wildman–Crippen MR) is 54.4 cm³/mol. The highest BCUT2D eigenvalue weighted by Gasteiger charge is 1.98. The molecule has 0 aliphatic heterocycles. The third-order valence-electron chi connectivity index (χ3n) is 1.76. The van der Waals surface area contributed by atoms with Crippen molar-refractivity contribution in [2.75, 3.05) is 18.5 Å². The number of aromatic nitrogens is 2. The molecule has 0 aliphatic rings. The van der Waals surface area contributed by atoms with Gasteiger partial charge in [0.05, 0.1) is 25.0 Å². The second kappa shape index (κ2) is 5.39. The van der Waals surface area contributed by atoms with Gasteiger partial charge >= 0.3 is 0 Å². The number of anilines is 1. The summed E-state index contributed by atoms with van der Waals surface area (Å²) in [5.74, 6) is 0. The van der Waals surface area contributed by atoms with E-state index in [1.807, 2.05) is 6.92 Å². The highest BCUT2D eigenvalue weighted by molar-refractivity contribution is 5.38. The van der Waals surface area contributed by atoms with Crippen molar-refractivity contribution >= 4 is 5.69 Å². The second-order valence-electron chi connectivity index (χ2n) is 2.96. The van der Waals surface area contributed by atoms with Crippen LogP contribution < -0.4 is 10.9 Å². The molecule has 0 aliphatic carbocycles. The van der Waals surface area contributed by atoms with E-state index in [0.717, 1.165) is 18.7 Å². The lowest BCUT2D eigenvalue weighted by atomic mass is 10.4. The van der Waals surface area contributed by atoms with Gasteiger partial charge in [-0.2, -0.15) is 5.10 Å². The minimum Gasteiger partial charge on any atom is -0.394 e. The van der Waals surface area contributed by atoms with Crippen molar-refractivity contribution in [3.8, 4) is 0 Å². The summed E-state index contributed by atoms with van der Waals surface area (Å²) in [6.45, 7) is 3.04. The van der Waals surface area contributed by atoms with Crippen LogP contribution in [-0.2, 0) is 6.54 Å². The number of aliphatic hydroxyl groups is 1. The van der Waals surface area contributed by atoms with Crippen LogP contribution in [0.2, 0.25) is 0 Å². The third-order valence-corrected chi connectivity index (χ3v) is 1.76. The molecule has 1 aromatic heterocycles. The molecule has 0 radical (unpaired) electrons. The summed E-state index contributed by atoms with van der Waals surface area (Å²) in [4.78, 5) is 11.3. The Morgan fingerprint density at radius 3 is 3.00 bits per heavy atom. The van der Waals surface area contributed by atoms with Crippen molar-refractivity contribution in [2.45, 2.75) is 19.9 Å². The predicted octanol–water partition coefficient (Wildman–Crippen LogP) is 0.0575. The Morgan fingerprint density at radius 2 is 2.43 bits per heavy atom. The molecule has 5 nitrogen and oxygen atoms in total. The molecule has 5 heteroatoms. The number of hydrogen-bond acceptors (Lipinski definition) is 4. The van der Waals surface area contributed by atoms with Gasteiger partial charge in [0.15, 0.2) is 0 Å². The lowest BCUT2D eigenvalue weighted by molar-refractivity contribution is 0.266. The summed E-state index contributed by atoms with van der Waals surface area (Å²) in [7, 11) is 0. The number of hydrogen-bond donors (Lipinski definition) is 2. The van der Waals surface area contributed by atoms with Crippen LogP contribution in [0.4, 0.5) is 5.69 Å². The Morgan fingerprint density at radius 1 is 1.64 bits per heavy atom. The lowest BCUT2D eigenvalue weighted by Crippen LogP contribution is -2.24. The van der Waals surface area contributed by atoms with Crippen LogP contribution in [-0.4, -0.2) is 28.0 Å². The lowest BCUT2D eigenvalue weighted by Gasteiger charge is -2.05. The van der Waals surface area contributed by atoms with Crippen molar-refractivity contribution in [3.63, 3.8) is 0 Å². The molecule has 0 saturated heterocycles. The number of nitrogens with zero attached hydrogens (tertiary/aromatic N) is 2. The van der Waals surface area contributed by atoms with Gasteiger partial charge in [0.25, 0.3) is 5.56 Å².